The molecule has 146 valence electrons. The second-order valence-corrected chi connectivity index (χ2v) is 7.78. The zero-order valence-electron chi connectivity index (χ0n) is 16.7. The number of hydrogen-bond acceptors (Lipinski definition) is 2. The average molecular weight is 376 g/mol. The number of carbonyl (C=O) groups is 1. The number of hydrogen-bond donors (Lipinski definition) is 0. The summed E-state index contributed by atoms with van der Waals surface area (Å²) in [6, 6.07) is 19.1. The molecular weight excluding hydrogens is 346 g/mol. The number of piperazine rings is 1. The van der Waals surface area contributed by atoms with Crippen molar-refractivity contribution in [3.05, 3.63) is 71.9 Å². The Hall–Kier alpha value is -2.59. The second kappa shape index (κ2) is 8.61. The van der Waals surface area contributed by atoms with Crippen LogP contribution in [0, 0.1) is 0 Å². The monoisotopic (exact) mass is 375 g/mol. The van der Waals surface area contributed by atoms with Gasteiger partial charge in [-0.1, -0.05) is 48.5 Å². The zero-order chi connectivity index (χ0) is 19.3. The Balaban J connectivity index is 1.24. The van der Waals surface area contributed by atoms with E-state index in [1.165, 1.54) is 22.0 Å². The van der Waals surface area contributed by atoms with Crippen LogP contribution in [0.5, 0.6) is 0 Å². The number of nitrogens with zero attached hydrogens (tertiary/aromatic N) is 3. The van der Waals surface area contributed by atoms with Gasteiger partial charge in [0.25, 0.3) is 0 Å². The van der Waals surface area contributed by atoms with Gasteiger partial charge in [0.1, 0.15) is 0 Å². The Bertz CT molecular complexity index is 923. The summed E-state index contributed by atoms with van der Waals surface area (Å²) in [6.45, 7) is 4.59. The van der Waals surface area contributed by atoms with Crippen molar-refractivity contribution in [3.63, 3.8) is 0 Å². The highest BCUT2D eigenvalue weighted by Gasteiger charge is 2.20. The quantitative estimate of drug-likeness (QED) is 0.655. The van der Waals surface area contributed by atoms with Gasteiger partial charge in [-0.25, -0.2) is 0 Å². The number of fused-ring (bicyclic) bond motifs is 1. The molecule has 0 saturated carbocycles. The lowest BCUT2D eigenvalue weighted by molar-refractivity contribution is -0.133. The highest BCUT2D eigenvalue weighted by atomic mass is 16.2. The first kappa shape index (κ1) is 18.8. The lowest BCUT2D eigenvalue weighted by Gasteiger charge is -2.34. The third-order valence-electron chi connectivity index (χ3n) is 5.79. The van der Waals surface area contributed by atoms with E-state index >= 15 is 0 Å². The minimum atomic E-state index is 0.305. The molecule has 28 heavy (non-hydrogen) atoms. The molecule has 2 aromatic carbocycles. The van der Waals surface area contributed by atoms with Crippen LogP contribution in [-0.4, -0.2) is 46.5 Å². The molecule has 4 heteroatoms. The average Bonchev–Trinajstić information content (AvgIpc) is 3.05. The van der Waals surface area contributed by atoms with Crippen LogP contribution in [0.4, 0.5) is 0 Å². The summed E-state index contributed by atoms with van der Waals surface area (Å²) in [5, 5.41) is 1.31. The molecule has 2 heterocycles. The summed E-state index contributed by atoms with van der Waals surface area (Å²) in [7, 11) is 2.09. The maximum absolute atomic E-state index is 12.6. The van der Waals surface area contributed by atoms with Crippen LogP contribution in [0.3, 0.4) is 0 Å². The first-order valence-electron chi connectivity index (χ1n) is 10.3. The number of para-hydroxylation sites is 1. The first-order chi connectivity index (χ1) is 13.7. The van der Waals surface area contributed by atoms with Crippen LogP contribution in [0.15, 0.2) is 60.8 Å². The molecule has 0 aliphatic carbocycles. The fraction of sp³-hybridized carbons (Fsp3) is 0.375. The number of rotatable bonds is 6. The molecule has 3 aromatic rings. The molecule has 0 bridgehead atoms. The second-order valence-electron chi connectivity index (χ2n) is 7.78. The van der Waals surface area contributed by atoms with Gasteiger partial charge in [0.15, 0.2) is 0 Å². The summed E-state index contributed by atoms with van der Waals surface area (Å²) in [4.78, 5) is 17.1. The summed E-state index contributed by atoms with van der Waals surface area (Å²) < 4.78 is 2.18. The van der Waals surface area contributed by atoms with Crippen LogP contribution >= 0.6 is 0 Å². The van der Waals surface area contributed by atoms with Crippen LogP contribution in [-0.2, 0) is 24.8 Å². The number of amides is 1. The van der Waals surface area contributed by atoms with Gasteiger partial charge in [-0.15, -0.1) is 0 Å². The summed E-state index contributed by atoms with van der Waals surface area (Å²) in [5.74, 6) is 0.305. The highest BCUT2D eigenvalue weighted by molar-refractivity contribution is 5.84. The lowest BCUT2D eigenvalue weighted by atomic mass is 10.1. The number of benzene rings is 2. The topological polar surface area (TPSA) is 28.5 Å². The molecule has 0 atom stereocenters. The van der Waals surface area contributed by atoms with Crippen molar-refractivity contribution >= 4 is 16.8 Å². The molecule has 1 saturated heterocycles. The molecular formula is C24H29N3O. The molecule has 1 aliphatic rings. The number of aromatic nitrogens is 1. The maximum atomic E-state index is 12.6. The van der Waals surface area contributed by atoms with E-state index in [-0.39, 0.29) is 0 Å². The number of aryl methyl sites for hydroxylation is 2. The summed E-state index contributed by atoms with van der Waals surface area (Å²) in [5.41, 5.74) is 3.95. The Morgan fingerprint density at radius 2 is 1.64 bits per heavy atom. The largest absolute Gasteiger partial charge is 0.350 e. The van der Waals surface area contributed by atoms with E-state index in [0.29, 0.717) is 12.3 Å². The molecule has 1 amide bonds. The lowest BCUT2D eigenvalue weighted by Crippen LogP contribution is -2.48. The third kappa shape index (κ3) is 4.28. The fourth-order valence-corrected chi connectivity index (χ4v) is 4.21. The minimum absolute atomic E-state index is 0.305. The molecule has 0 radical (unpaired) electrons. The van der Waals surface area contributed by atoms with Crippen molar-refractivity contribution in [2.24, 2.45) is 7.05 Å². The van der Waals surface area contributed by atoms with Crippen molar-refractivity contribution in [1.82, 2.24) is 14.4 Å². The molecule has 0 spiro atoms. The van der Waals surface area contributed by atoms with Gasteiger partial charge in [-0.2, -0.15) is 0 Å². The highest BCUT2D eigenvalue weighted by Crippen LogP contribution is 2.22. The smallest absolute Gasteiger partial charge is 0.222 e. The van der Waals surface area contributed by atoms with Crippen molar-refractivity contribution in [2.75, 3.05) is 26.2 Å². The predicted molar refractivity (Wildman–Crippen MR) is 114 cm³/mol. The molecule has 0 unspecified atom stereocenters. The van der Waals surface area contributed by atoms with E-state index in [1.807, 2.05) is 4.90 Å². The fourth-order valence-electron chi connectivity index (χ4n) is 4.21. The Morgan fingerprint density at radius 3 is 2.43 bits per heavy atom. The maximum Gasteiger partial charge on any atom is 0.222 e. The van der Waals surface area contributed by atoms with E-state index in [0.717, 1.165) is 45.6 Å². The van der Waals surface area contributed by atoms with E-state index in [9.17, 15) is 4.79 Å². The van der Waals surface area contributed by atoms with E-state index in [1.54, 1.807) is 0 Å². The molecule has 1 fully saturated rings. The van der Waals surface area contributed by atoms with Gasteiger partial charge in [0, 0.05) is 63.3 Å². The van der Waals surface area contributed by atoms with Gasteiger partial charge in [-0.3, -0.25) is 9.69 Å². The van der Waals surface area contributed by atoms with E-state index in [4.69, 9.17) is 0 Å². The Morgan fingerprint density at radius 1 is 0.929 bits per heavy atom. The van der Waals surface area contributed by atoms with Crippen molar-refractivity contribution < 1.29 is 4.79 Å². The molecule has 4 rings (SSSR count). The van der Waals surface area contributed by atoms with Gasteiger partial charge in [0.05, 0.1) is 0 Å². The minimum Gasteiger partial charge on any atom is -0.350 e. The predicted octanol–water partition coefficient (Wildman–Crippen LogP) is 3.85. The molecule has 0 N–H and O–H groups in total. The Labute approximate surface area is 167 Å². The van der Waals surface area contributed by atoms with Crippen molar-refractivity contribution in [1.29, 1.82) is 0 Å². The van der Waals surface area contributed by atoms with Crippen molar-refractivity contribution in [2.45, 2.75) is 25.8 Å². The summed E-state index contributed by atoms with van der Waals surface area (Å²) in [6.07, 6.45) is 4.72. The van der Waals surface area contributed by atoms with Gasteiger partial charge in [0.2, 0.25) is 5.91 Å². The van der Waals surface area contributed by atoms with Gasteiger partial charge in [-0.05, 0) is 30.0 Å². The van der Waals surface area contributed by atoms with Crippen LogP contribution in [0.1, 0.15) is 24.0 Å². The molecule has 4 nitrogen and oxygen atoms in total. The standard InChI is InChI=1S/C24H29N3O/c1-25-19-21(22-11-5-6-12-23(22)25)10-7-13-24(28)27-16-14-26(15-17-27)18-20-8-3-2-4-9-20/h2-6,8-9,11-12,19H,7,10,13-18H2,1H3. The van der Waals surface area contributed by atoms with E-state index < -0.39 is 0 Å². The zero-order valence-corrected chi connectivity index (χ0v) is 16.7. The van der Waals surface area contributed by atoms with Crippen molar-refractivity contribution in [3.8, 4) is 0 Å². The van der Waals surface area contributed by atoms with Gasteiger partial charge < -0.3 is 9.47 Å². The summed E-state index contributed by atoms with van der Waals surface area (Å²) >= 11 is 0. The van der Waals surface area contributed by atoms with Crippen LogP contribution in [0.25, 0.3) is 10.9 Å². The van der Waals surface area contributed by atoms with Crippen LogP contribution < -0.4 is 0 Å². The first-order valence-corrected chi connectivity index (χ1v) is 10.3. The molecule has 1 aromatic heterocycles. The third-order valence-corrected chi connectivity index (χ3v) is 5.79. The van der Waals surface area contributed by atoms with E-state index in [2.05, 4.69) is 77.3 Å². The SMILES string of the molecule is Cn1cc(CCCC(=O)N2CCN(Cc3ccccc3)CC2)c2ccccc21. The normalized spacial score (nSPS) is 15.2. The Kier molecular flexibility index (Phi) is 5.77. The van der Waals surface area contributed by atoms with Gasteiger partial charge >= 0.3 is 0 Å². The molecule has 1 aliphatic heterocycles. The number of carbonyl (C=O) groups excluding carboxylic acids is 1. The van der Waals surface area contributed by atoms with Crippen LogP contribution in [0.2, 0.25) is 0 Å².